The molecule has 0 fully saturated rings. The maximum Gasteiger partial charge on any atom is 0.410 e. The molecule has 0 bridgehead atoms. The van der Waals surface area contributed by atoms with Crippen molar-refractivity contribution in [1.29, 1.82) is 0 Å². The number of ether oxygens (including phenoxy) is 3. The molecular weight excluding hydrogens is 620 g/mol. The Bertz CT molecular complexity index is 1190. The standard InChI is InChI=1S/C32H44N2O13/c1-22-10-12-23(13-11-22)27(38)8-4-2-3-7-25(45-20-35)19-24(37)14-16-28(39)33-18-6-5-9-30(46-21-36)47-32(44)34-26(31(42)43)15-17-29(40)41/h10-13,20-21,25-26,30H,2-9,14-19H2,1H3,(H,33,39)(H,34,44)(H,40,41)(H,42,43)/t25?,26-,30-/m0/s1. The summed E-state index contributed by atoms with van der Waals surface area (Å²) < 4.78 is 14.6. The average molecular weight is 665 g/mol. The molecule has 1 unspecified atom stereocenters. The topological polar surface area (TPSA) is 229 Å². The molecule has 0 aliphatic carbocycles. The normalized spacial score (nSPS) is 12.4. The first-order chi connectivity index (χ1) is 22.4. The van der Waals surface area contributed by atoms with E-state index in [1.165, 1.54) is 0 Å². The first-order valence-electron chi connectivity index (χ1n) is 15.4. The predicted octanol–water partition coefficient (Wildman–Crippen LogP) is 3.24. The van der Waals surface area contributed by atoms with Crippen LogP contribution in [0.5, 0.6) is 0 Å². The van der Waals surface area contributed by atoms with E-state index in [-0.39, 0.29) is 62.6 Å². The quantitative estimate of drug-likeness (QED) is 0.0459. The van der Waals surface area contributed by atoms with Gasteiger partial charge in [-0.2, -0.15) is 0 Å². The van der Waals surface area contributed by atoms with Gasteiger partial charge in [0.2, 0.25) is 12.2 Å². The Kier molecular flexibility index (Phi) is 20.1. The number of ketones is 2. The van der Waals surface area contributed by atoms with E-state index in [0.717, 1.165) is 12.0 Å². The molecule has 1 aromatic rings. The van der Waals surface area contributed by atoms with Gasteiger partial charge in [-0.1, -0.05) is 36.2 Å². The molecular formula is C32H44N2O13. The number of carbonyl (C=O) groups excluding carboxylic acids is 6. The molecule has 47 heavy (non-hydrogen) atoms. The first kappa shape index (κ1) is 40.2. The van der Waals surface area contributed by atoms with Crippen molar-refractivity contribution in [1.82, 2.24) is 10.6 Å². The minimum Gasteiger partial charge on any atom is -0.481 e. The summed E-state index contributed by atoms with van der Waals surface area (Å²) in [6, 6.07) is 5.87. The van der Waals surface area contributed by atoms with Crippen LogP contribution in [0.2, 0.25) is 0 Å². The van der Waals surface area contributed by atoms with Crippen molar-refractivity contribution in [3.63, 3.8) is 0 Å². The predicted molar refractivity (Wildman–Crippen MR) is 164 cm³/mol. The molecule has 0 aliphatic heterocycles. The fourth-order valence-corrected chi connectivity index (χ4v) is 4.41. The van der Waals surface area contributed by atoms with Crippen LogP contribution in [0.3, 0.4) is 0 Å². The lowest BCUT2D eigenvalue weighted by atomic mass is 10.0. The van der Waals surface area contributed by atoms with Crippen molar-refractivity contribution >= 4 is 48.4 Å². The van der Waals surface area contributed by atoms with Gasteiger partial charge < -0.3 is 35.1 Å². The molecule has 0 aromatic heterocycles. The Morgan fingerprint density at radius 2 is 1.47 bits per heavy atom. The fourth-order valence-electron chi connectivity index (χ4n) is 4.41. The number of benzene rings is 1. The van der Waals surface area contributed by atoms with Gasteiger partial charge in [-0.25, -0.2) is 9.59 Å². The van der Waals surface area contributed by atoms with E-state index in [1.54, 1.807) is 12.1 Å². The second-order valence-electron chi connectivity index (χ2n) is 10.9. The number of Topliss-reactive ketones (excluding diaryl/α,β-unsaturated/α-hetero) is 2. The van der Waals surface area contributed by atoms with Crippen LogP contribution in [-0.4, -0.2) is 83.6 Å². The average Bonchev–Trinajstić information content (AvgIpc) is 3.01. The Morgan fingerprint density at radius 1 is 0.787 bits per heavy atom. The first-order valence-corrected chi connectivity index (χ1v) is 15.4. The number of carbonyl (C=O) groups is 8. The summed E-state index contributed by atoms with van der Waals surface area (Å²) in [5, 5.41) is 22.5. The molecule has 0 heterocycles. The van der Waals surface area contributed by atoms with Crippen molar-refractivity contribution in [3.8, 4) is 0 Å². The third kappa shape index (κ3) is 19.3. The zero-order valence-corrected chi connectivity index (χ0v) is 26.5. The number of hydrogen-bond donors (Lipinski definition) is 4. The summed E-state index contributed by atoms with van der Waals surface area (Å²) in [4.78, 5) is 92.3. The van der Waals surface area contributed by atoms with E-state index in [9.17, 15) is 38.4 Å². The number of carboxylic acid groups (broad SMARTS) is 2. The van der Waals surface area contributed by atoms with Crippen molar-refractivity contribution in [2.45, 2.75) is 109 Å². The number of aryl methyl sites for hydroxylation is 1. The van der Waals surface area contributed by atoms with Crippen molar-refractivity contribution in [2.24, 2.45) is 0 Å². The summed E-state index contributed by atoms with van der Waals surface area (Å²) in [7, 11) is 0. The van der Waals surface area contributed by atoms with Gasteiger partial charge in [-0.3, -0.25) is 28.8 Å². The van der Waals surface area contributed by atoms with Gasteiger partial charge in [0.05, 0.1) is 0 Å². The van der Waals surface area contributed by atoms with E-state index >= 15 is 0 Å². The maximum atomic E-state index is 12.4. The number of aliphatic carboxylic acids is 2. The second kappa shape index (κ2) is 23.5. The molecule has 0 saturated heterocycles. The van der Waals surface area contributed by atoms with E-state index in [2.05, 4.69) is 10.1 Å². The van der Waals surface area contributed by atoms with E-state index < -0.39 is 42.9 Å². The van der Waals surface area contributed by atoms with Crippen LogP contribution in [0.25, 0.3) is 0 Å². The molecule has 0 saturated carbocycles. The summed E-state index contributed by atoms with van der Waals surface area (Å²) in [5.74, 6) is -3.25. The maximum absolute atomic E-state index is 12.4. The summed E-state index contributed by atoms with van der Waals surface area (Å²) in [5.41, 5.74) is 1.75. The SMILES string of the molecule is Cc1ccc(C(=O)CCCCCC(CC(=O)CCC(=O)NCCCC[C@@H](OC=O)OC(=O)N[C@@H](CCC(=O)O)C(=O)O)OC=O)cc1. The van der Waals surface area contributed by atoms with Gasteiger partial charge >= 0.3 is 18.0 Å². The molecule has 4 N–H and O–H groups in total. The molecule has 3 atom stereocenters. The zero-order valence-electron chi connectivity index (χ0n) is 26.5. The van der Waals surface area contributed by atoms with Crippen molar-refractivity contribution in [3.05, 3.63) is 35.4 Å². The number of hydrogen-bond acceptors (Lipinski definition) is 11. The molecule has 15 heteroatoms. The fraction of sp³-hybridized carbons (Fsp3) is 0.562. The van der Waals surface area contributed by atoms with Crippen LogP contribution >= 0.6 is 0 Å². The highest BCUT2D eigenvalue weighted by atomic mass is 16.7. The molecule has 2 amide bonds. The van der Waals surface area contributed by atoms with Crippen LogP contribution in [-0.2, 0) is 43.0 Å². The lowest BCUT2D eigenvalue weighted by Gasteiger charge is -2.18. The third-order valence-corrected chi connectivity index (χ3v) is 7.01. The number of nitrogens with one attached hydrogen (secondary N) is 2. The number of carboxylic acids is 2. The molecule has 1 rings (SSSR count). The molecule has 260 valence electrons. The van der Waals surface area contributed by atoms with Crippen molar-refractivity contribution < 1.29 is 62.8 Å². The van der Waals surface area contributed by atoms with Crippen LogP contribution in [0.1, 0.15) is 99.4 Å². The van der Waals surface area contributed by atoms with Gasteiger partial charge in [0.25, 0.3) is 12.9 Å². The van der Waals surface area contributed by atoms with Gasteiger partial charge in [0.15, 0.2) is 5.78 Å². The highest BCUT2D eigenvalue weighted by Crippen LogP contribution is 2.15. The highest BCUT2D eigenvalue weighted by Gasteiger charge is 2.24. The molecule has 15 nitrogen and oxygen atoms in total. The minimum absolute atomic E-state index is 0.0210. The molecule has 0 radical (unpaired) electrons. The van der Waals surface area contributed by atoms with E-state index in [0.29, 0.717) is 50.6 Å². The Hall–Kier alpha value is -4.82. The third-order valence-electron chi connectivity index (χ3n) is 7.01. The van der Waals surface area contributed by atoms with Crippen molar-refractivity contribution in [2.75, 3.05) is 6.54 Å². The van der Waals surface area contributed by atoms with Gasteiger partial charge in [0, 0.05) is 50.6 Å². The van der Waals surface area contributed by atoms with Gasteiger partial charge in [0.1, 0.15) is 17.9 Å². The number of amides is 2. The lowest BCUT2D eigenvalue weighted by molar-refractivity contribution is -0.154. The van der Waals surface area contributed by atoms with Crippen LogP contribution in [0.15, 0.2) is 24.3 Å². The molecule has 0 spiro atoms. The van der Waals surface area contributed by atoms with Crippen LogP contribution in [0, 0.1) is 6.92 Å². The van der Waals surface area contributed by atoms with E-state index in [4.69, 9.17) is 19.7 Å². The Morgan fingerprint density at radius 3 is 2.11 bits per heavy atom. The monoisotopic (exact) mass is 664 g/mol. The highest BCUT2D eigenvalue weighted by molar-refractivity contribution is 5.96. The zero-order chi connectivity index (χ0) is 35.0. The molecule has 1 aromatic carbocycles. The Labute approximate surface area is 272 Å². The largest absolute Gasteiger partial charge is 0.481 e. The number of alkyl carbamates (subject to hydrolysis) is 1. The molecule has 0 aliphatic rings. The summed E-state index contributed by atoms with van der Waals surface area (Å²) >= 11 is 0. The van der Waals surface area contributed by atoms with Crippen LogP contribution < -0.4 is 10.6 Å². The number of unbranched alkanes of at least 4 members (excludes halogenated alkanes) is 3. The summed E-state index contributed by atoms with van der Waals surface area (Å²) in [6.07, 6.45) is -0.475. The second-order valence-corrected chi connectivity index (χ2v) is 10.9. The van der Waals surface area contributed by atoms with Gasteiger partial charge in [-0.15, -0.1) is 0 Å². The van der Waals surface area contributed by atoms with Crippen LogP contribution in [0.4, 0.5) is 4.79 Å². The smallest absolute Gasteiger partial charge is 0.410 e. The number of rotatable bonds is 27. The van der Waals surface area contributed by atoms with Gasteiger partial charge in [-0.05, 0) is 45.4 Å². The summed E-state index contributed by atoms with van der Waals surface area (Å²) in [6.45, 7) is 2.51. The Balaban J connectivity index is 2.28. The minimum atomic E-state index is -1.51. The lowest BCUT2D eigenvalue weighted by Crippen LogP contribution is -2.42. The van der Waals surface area contributed by atoms with E-state index in [1.807, 2.05) is 24.4 Å².